The lowest BCUT2D eigenvalue weighted by Crippen LogP contribution is -2.29. The van der Waals surface area contributed by atoms with Crippen LogP contribution < -0.4 is 4.74 Å². The molecular weight excluding hydrogens is 405 g/mol. The van der Waals surface area contributed by atoms with Crippen LogP contribution in [0.15, 0.2) is 60.7 Å². The largest absolute Gasteiger partial charge is 0.489 e. The Morgan fingerprint density at radius 2 is 1.55 bits per heavy atom. The molecule has 0 aromatic heterocycles. The number of hydrogen-bond acceptors (Lipinski definition) is 3. The van der Waals surface area contributed by atoms with Crippen molar-refractivity contribution >= 4 is 0 Å². The van der Waals surface area contributed by atoms with Crippen LogP contribution in [0.5, 0.6) is 5.75 Å². The molecule has 1 aliphatic heterocycles. The molecule has 31 heavy (non-hydrogen) atoms. The monoisotopic (exact) mass is 428 g/mol. The van der Waals surface area contributed by atoms with Gasteiger partial charge in [0.15, 0.2) is 0 Å². The van der Waals surface area contributed by atoms with Gasteiger partial charge in [0.1, 0.15) is 24.3 Å². The molecule has 0 saturated carbocycles. The van der Waals surface area contributed by atoms with E-state index in [0.29, 0.717) is 17.9 Å². The van der Waals surface area contributed by atoms with E-state index in [9.17, 15) is 13.2 Å². The Hall–Kier alpha value is -2.83. The van der Waals surface area contributed by atoms with Crippen LogP contribution in [0.3, 0.4) is 0 Å². The van der Waals surface area contributed by atoms with Crippen LogP contribution in [-0.2, 0) is 35.7 Å². The summed E-state index contributed by atoms with van der Waals surface area (Å²) in [5.41, 5.74) is 5.07. The molecule has 0 fully saturated rings. The van der Waals surface area contributed by atoms with Gasteiger partial charge in [0.05, 0.1) is 13.2 Å². The van der Waals surface area contributed by atoms with E-state index >= 15 is 0 Å². The second kappa shape index (κ2) is 9.54. The first-order valence-corrected chi connectivity index (χ1v) is 10.0. The average Bonchev–Trinajstić information content (AvgIpc) is 2.78. The van der Waals surface area contributed by atoms with Crippen LogP contribution in [0, 0.1) is 5.82 Å². The lowest BCUT2D eigenvalue weighted by Gasteiger charge is -2.25. The first-order valence-electron chi connectivity index (χ1n) is 10.0. The zero-order valence-electron chi connectivity index (χ0n) is 17.1. The highest BCUT2D eigenvalue weighted by atomic mass is 19.3. The van der Waals surface area contributed by atoms with Gasteiger partial charge in [-0.05, 0) is 39.4 Å². The summed E-state index contributed by atoms with van der Waals surface area (Å²) in [5, 5.41) is 0. The van der Waals surface area contributed by atoms with Gasteiger partial charge in [-0.1, -0.05) is 48.5 Å². The number of methoxy groups -OCH3 is 1. The fourth-order valence-electron chi connectivity index (χ4n) is 3.65. The van der Waals surface area contributed by atoms with Crippen molar-refractivity contribution in [2.45, 2.75) is 38.8 Å². The van der Waals surface area contributed by atoms with Crippen molar-refractivity contribution in [3.63, 3.8) is 0 Å². The van der Waals surface area contributed by atoms with E-state index in [1.54, 1.807) is 13.2 Å². The molecular formula is C25H23F3O3. The fraction of sp³-hybridized carbons (Fsp3) is 0.280. The van der Waals surface area contributed by atoms with E-state index in [0.717, 1.165) is 22.3 Å². The molecule has 1 atom stereocenters. The van der Waals surface area contributed by atoms with E-state index in [2.05, 4.69) is 12.1 Å². The maximum atomic E-state index is 14.4. The average molecular weight is 428 g/mol. The van der Waals surface area contributed by atoms with E-state index in [1.807, 2.05) is 36.4 Å². The smallest absolute Gasteiger partial charge is 0.264 e. The van der Waals surface area contributed by atoms with Gasteiger partial charge in [-0.2, -0.15) is 0 Å². The first-order chi connectivity index (χ1) is 15.0. The Balaban J connectivity index is 1.40. The standard InChI is InChI=1S/C25H23F3O3/c1-29-13-16-2-6-18(7-3-16)19-8-4-17(5-9-19)14-30-21-10-20-15-31-24(25(27)28)12-22(20)23(26)11-21/h2-11,24-25H,12-15H2,1H3. The summed E-state index contributed by atoms with van der Waals surface area (Å²) in [7, 11) is 1.67. The minimum atomic E-state index is -2.63. The van der Waals surface area contributed by atoms with Crippen LogP contribution >= 0.6 is 0 Å². The van der Waals surface area contributed by atoms with Crippen molar-refractivity contribution in [1.29, 1.82) is 0 Å². The molecule has 6 heteroatoms. The van der Waals surface area contributed by atoms with Gasteiger partial charge in [0.2, 0.25) is 0 Å². The minimum Gasteiger partial charge on any atom is -0.489 e. The van der Waals surface area contributed by atoms with Crippen LogP contribution in [-0.4, -0.2) is 19.6 Å². The fourth-order valence-corrected chi connectivity index (χ4v) is 3.65. The predicted molar refractivity (Wildman–Crippen MR) is 112 cm³/mol. The third kappa shape index (κ3) is 5.09. The second-order valence-corrected chi connectivity index (χ2v) is 7.55. The van der Waals surface area contributed by atoms with Gasteiger partial charge in [-0.25, -0.2) is 13.2 Å². The Bertz CT molecular complexity index is 1020. The number of fused-ring (bicyclic) bond motifs is 1. The number of hydrogen-bond donors (Lipinski definition) is 0. The lowest BCUT2D eigenvalue weighted by atomic mass is 9.98. The Kier molecular flexibility index (Phi) is 6.59. The van der Waals surface area contributed by atoms with E-state index in [-0.39, 0.29) is 25.2 Å². The van der Waals surface area contributed by atoms with Crippen LogP contribution in [0.1, 0.15) is 22.3 Å². The summed E-state index contributed by atoms with van der Waals surface area (Å²) < 4.78 is 56.1. The second-order valence-electron chi connectivity index (χ2n) is 7.55. The molecule has 0 bridgehead atoms. The SMILES string of the molecule is COCc1ccc(-c2ccc(COc3cc(F)c4c(c3)COC(C(F)F)C4)cc2)cc1. The van der Waals surface area contributed by atoms with Gasteiger partial charge in [-0.3, -0.25) is 0 Å². The summed E-state index contributed by atoms with van der Waals surface area (Å²) in [6, 6.07) is 19.0. The highest BCUT2D eigenvalue weighted by molar-refractivity contribution is 5.63. The van der Waals surface area contributed by atoms with Crippen LogP contribution in [0.4, 0.5) is 13.2 Å². The molecule has 0 radical (unpaired) electrons. The van der Waals surface area contributed by atoms with Gasteiger partial charge in [-0.15, -0.1) is 0 Å². The normalized spacial score (nSPS) is 15.7. The number of halogens is 3. The molecule has 1 unspecified atom stereocenters. The van der Waals surface area contributed by atoms with Gasteiger partial charge in [0, 0.05) is 19.6 Å². The quantitative estimate of drug-likeness (QED) is 0.467. The first kappa shape index (κ1) is 21.4. The molecule has 3 aromatic carbocycles. The van der Waals surface area contributed by atoms with Gasteiger partial charge < -0.3 is 14.2 Å². The zero-order valence-corrected chi connectivity index (χ0v) is 17.1. The minimum absolute atomic E-state index is 0.0453. The van der Waals surface area contributed by atoms with Crippen LogP contribution in [0.2, 0.25) is 0 Å². The Morgan fingerprint density at radius 1 is 0.935 bits per heavy atom. The number of alkyl halides is 2. The van der Waals surface area contributed by atoms with E-state index in [4.69, 9.17) is 14.2 Å². The van der Waals surface area contributed by atoms with Crippen molar-refractivity contribution < 1.29 is 27.4 Å². The third-order valence-electron chi connectivity index (χ3n) is 5.36. The van der Waals surface area contributed by atoms with Crippen molar-refractivity contribution in [3.8, 4) is 16.9 Å². The summed E-state index contributed by atoms with van der Waals surface area (Å²) in [6.45, 7) is 0.806. The lowest BCUT2D eigenvalue weighted by molar-refractivity contribution is -0.0709. The molecule has 1 heterocycles. The molecule has 162 valence electrons. The Morgan fingerprint density at radius 3 is 2.13 bits per heavy atom. The highest BCUT2D eigenvalue weighted by Gasteiger charge is 2.29. The van der Waals surface area contributed by atoms with Crippen molar-refractivity contribution in [2.24, 2.45) is 0 Å². The van der Waals surface area contributed by atoms with E-state index < -0.39 is 18.3 Å². The number of rotatable bonds is 7. The maximum absolute atomic E-state index is 14.4. The molecule has 0 aliphatic carbocycles. The maximum Gasteiger partial charge on any atom is 0.264 e. The molecule has 4 rings (SSSR count). The molecule has 3 nitrogen and oxygen atoms in total. The van der Waals surface area contributed by atoms with Crippen molar-refractivity contribution in [2.75, 3.05) is 7.11 Å². The topological polar surface area (TPSA) is 27.7 Å². The summed E-state index contributed by atoms with van der Waals surface area (Å²) in [4.78, 5) is 0. The van der Waals surface area contributed by atoms with Gasteiger partial charge in [0.25, 0.3) is 6.43 Å². The summed E-state index contributed by atoms with van der Waals surface area (Å²) in [5.74, 6) is -0.179. The molecule has 0 N–H and O–H groups in total. The third-order valence-corrected chi connectivity index (χ3v) is 5.36. The molecule has 0 saturated heterocycles. The number of benzene rings is 3. The molecule has 0 amide bonds. The number of ether oxygens (including phenoxy) is 3. The summed E-state index contributed by atoms with van der Waals surface area (Å²) in [6.07, 6.45) is -4.02. The van der Waals surface area contributed by atoms with Crippen molar-refractivity contribution in [1.82, 2.24) is 0 Å². The molecule has 0 spiro atoms. The molecule has 3 aromatic rings. The molecule has 1 aliphatic rings. The predicted octanol–water partition coefficient (Wildman–Crippen LogP) is 5.92. The highest BCUT2D eigenvalue weighted by Crippen LogP contribution is 2.30. The van der Waals surface area contributed by atoms with E-state index in [1.165, 1.54) is 6.07 Å². The van der Waals surface area contributed by atoms with Crippen molar-refractivity contribution in [3.05, 3.63) is 88.7 Å². The van der Waals surface area contributed by atoms with Gasteiger partial charge >= 0.3 is 0 Å². The Labute approximate surface area is 179 Å². The van der Waals surface area contributed by atoms with Crippen LogP contribution in [0.25, 0.3) is 11.1 Å². The summed E-state index contributed by atoms with van der Waals surface area (Å²) >= 11 is 0. The zero-order chi connectivity index (χ0) is 21.8.